The highest BCUT2D eigenvalue weighted by Crippen LogP contribution is 2.38. The van der Waals surface area contributed by atoms with Crippen LogP contribution < -0.4 is 9.64 Å². The maximum absolute atomic E-state index is 10.4. The van der Waals surface area contributed by atoms with Gasteiger partial charge in [0.05, 0.1) is 11.1 Å². The molecule has 29 heavy (non-hydrogen) atoms. The van der Waals surface area contributed by atoms with Crippen LogP contribution >= 0.6 is 0 Å². The summed E-state index contributed by atoms with van der Waals surface area (Å²) >= 11 is 0. The summed E-state index contributed by atoms with van der Waals surface area (Å²) in [5, 5.41) is 11.8. The molecule has 0 atom stereocenters. The summed E-state index contributed by atoms with van der Waals surface area (Å²) in [6, 6.07) is 16.5. The lowest BCUT2D eigenvalue weighted by Gasteiger charge is -2.36. The molecule has 4 heteroatoms. The number of benzene rings is 2. The standard InChI is InChI=1S/C25H32N2O2/c1-24(2)17-21(25(3,4)27(24)28)18-29-23-15-11-20(12-16-23)8-7-19-9-13-22(14-10-19)26(5)6/h7-17,28H,18H2,1-6H3/b8-7+. The molecule has 0 saturated heterocycles. The van der Waals surface area contributed by atoms with E-state index >= 15 is 0 Å². The van der Waals surface area contributed by atoms with Gasteiger partial charge in [-0.25, -0.2) is 0 Å². The first kappa shape index (κ1) is 21.2. The first-order chi connectivity index (χ1) is 13.6. The molecule has 3 rings (SSSR count). The third-order valence-corrected chi connectivity index (χ3v) is 5.54. The van der Waals surface area contributed by atoms with E-state index in [-0.39, 0.29) is 5.54 Å². The monoisotopic (exact) mass is 392 g/mol. The second-order valence-corrected chi connectivity index (χ2v) is 8.87. The predicted molar refractivity (Wildman–Crippen MR) is 122 cm³/mol. The zero-order valence-corrected chi connectivity index (χ0v) is 18.3. The van der Waals surface area contributed by atoms with E-state index < -0.39 is 5.54 Å². The van der Waals surface area contributed by atoms with E-state index in [9.17, 15) is 5.21 Å². The van der Waals surface area contributed by atoms with Gasteiger partial charge in [-0.05, 0) is 68.7 Å². The molecule has 4 nitrogen and oxygen atoms in total. The fourth-order valence-electron chi connectivity index (χ4n) is 3.65. The average molecular weight is 393 g/mol. The van der Waals surface area contributed by atoms with E-state index in [4.69, 9.17) is 4.74 Å². The number of hydroxylamine groups is 2. The number of ether oxygens (including phenoxy) is 1. The molecule has 1 N–H and O–H groups in total. The van der Waals surface area contributed by atoms with Gasteiger partial charge in [0, 0.05) is 19.8 Å². The Morgan fingerprint density at radius 3 is 1.86 bits per heavy atom. The topological polar surface area (TPSA) is 35.9 Å². The molecule has 1 aliphatic heterocycles. The minimum Gasteiger partial charge on any atom is -0.489 e. The molecular weight excluding hydrogens is 360 g/mol. The second-order valence-electron chi connectivity index (χ2n) is 8.87. The van der Waals surface area contributed by atoms with Crippen LogP contribution in [0.4, 0.5) is 5.69 Å². The van der Waals surface area contributed by atoms with Gasteiger partial charge in [0.15, 0.2) is 0 Å². The molecule has 0 unspecified atom stereocenters. The molecule has 0 aliphatic carbocycles. The third-order valence-electron chi connectivity index (χ3n) is 5.54. The zero-order valence-electron chi connectivity index (χ0n) is 18.3. The largest absolute Gasteiger partial charge is 0.489 e. The Morgan fingerprint density at radius 1 is 0.897 bits per heavy atom. The van der Waals surface area contributed by atoms with Crippen LogP contribution in [0.1, 0.15) is 38.8 Å². The number of anilines is 1. The van der Waals surface area contributed by atoms with E-state index in [0.717, 1.165) is 16.9 Å². The predicted octanol–water partition coefficient (Wildman–Crippen LogP) is 5.49. The van der Waals surface area contributed by atoms with Crippen LogP contribution in [0.2, 0.25) is 0 Å². The van der Waals surface area contributed by atoms with Crippen LogP contribution in [-0.2, 0) is 0 Å². The average Bonchev–Trinajstić information content (AvgIpc) is 2.85. The van der Waals surface area contributed by atoms with E-state index in [0.29, 0.717) is 6.61 Å². The van der Waals surface area contributed by atoms with Crippen molar-refractivity contribution in [2.45, 2.75) is 38.8 Å². The molecule has 2 aromatic rings. The van der Waals surface area contributed by atoms with Crippen LogP contribution in [0.15, 0.2) is 60.2 Å². The fraction of sp³-hybridized carbons (Fsp3) is 0.360. The van der Waals surface area contributed by atoms with E-state index in [1.807, 2.05) is 53.9 Å². The van der Waals surface area contributed by atoms with Crippen molar-refractivity contribution in [3.05, 3.63) is 71.3 Å². The van der Waals surface area contributed by atoms with Gasteiger partial charge in [-0.3, -0.25) is 0 Å². The number of hydrogen-bond acceptors (Lipinski definition) is 4. The molecule has 1 heterocycles. The summed E-state index contributed by atoms with van der Waals surface area (Å²) in [5.74, 6) is 0.823. The summed E-state index contributed by atoms with van der Waals surface area (Å²) in [4.78, 5) is 2.09. The van der Waals surface area contributed by atoms with Gasteiger partial charge in [-0.2, -0.15) is 5.06 Å². The smallest absolute Gasteiger partial charge is 0.119 e. The van der Waals surface area contributed by atoms with Crippen molar-refractivity contribution >= 4 is 17.8 Å². The Labute approximate surface area is 174 Å². The highest BCUT2D eigenvalue weighted by Gasteiger charge is 2.45. The van der Waals surface area contributed by atoms with Crippen molar-refractivity contribution in [2.24, 2.45) is 0 Å². The maximum atomic E-state index is 10.4. The van der Waals surface area contributed by atoms with Gasteiger partial charge in [-0.1, -0.05) is 42.5 Å². The molecule has 0 amide bonds. The summed E-state index contributed by atoms with van der Waals surface area (Å²) in [6.07, 6.45) is 6.30. The molecule has 0 spiro atoms. The van der Waals surface area contributed by atoms with Gasteiger partial charge in [0.25, 0.3) is 0 Å². The number of nitrogens with zero attached hydrogens (tertiary/aromatic N) is 2. The summed E-state index contributed by atoms with van der Waals surface area (Å²) < 4.78 is 5.99. The summed E-state index contributed by atoms with van der Waals surface area (Å²) in [5.41, 5.74) is 3.74. The van der Waals surface area contributed by atoms with Crippen LogP contribution in [0.3, 0.4) is 0 Å². The first-order valence-corrected chi connectivity index (χ1v) is 9.99. The van der Waals surface area contributed by atoms with Crippen molar-refractivity contribution in [3.63, 3.8) is 0 Å². The Hall–Kier alpha value is -2.56. The SMILES string of the molecule is CN(C)c1ccc(/C=C/c2ccc(OCC3=CC(C)(C)N(O)C3(C)C)cc2)cc1. The van der Waals surface area contributed by atoms with Crippen molar-refractivity contribution < 1.29 is 9.94 Å². The van der Waals surface area contributed by atoms with E-state index in [2.05, 4.69) is 59.5 Å². The fourth-order valence-corrected chi connectivity index (χ4v) is 3.65. The Balaban J connectivity index is 1.61. The molecule has 0 aromatic heterocycles. The zero-order chi connectivity index (χ0) is 21.2. The molecule has 2 aromatic carbocycles. The summed E-state index contributed by atoms with van der Waals surface area (Å²) in [6.45, 7) is 8.47. The molecule has 0 radical (unpaired) electrons. The number of rotatable bonds is 6. The third kappa shape index (κ3) is 4.72. The van der Waals surface area contributed by atoms with Crippen LogP contribution in [0.25, 0.3) is 12.2 Å². The van der Waals surface area contributed by atoms with Crippen molar-refractivity contribution in [2.75, 3.05) is 25.6 Å². The van der Waals surface area contributed by atoms with Gasteiger partial charge in [0.2, 0.25) is 0 Å². The van der Waals surface area contributed by atoms with E-state index in [1.165, 1.54) is 16.3 Å². The maximum Gasteiger partial charge on any atom is 0.119 e. The van der Waals surface area contributed by atoms with Crippen LogP contribution in [0.5, 0.6) is 5.75 Å². The van der Waals surface area contributed by atoms with E-state index in [1.54, 1.807) is 0 Å². The van der Waals surface area contributed by atoms with Crippen LogP contribution in [0, 0.1) is 0 Å². The lowest BCUT2D eigenvalue weighted by atomic mass is 9.97. The van der Waals surface area contributed by atoms with Gasteiger partial charge >= 0.3 is 0 Å². The van der Waals surface area contributed by atoms with Gasteiger partial charge in [-0.15, -0.1) is 0 Å². The second kappa shape index (κ2) is 8.05. The molecule has 0 bridgehead atoms. The highest BCUT2D eigenvalue weighted by atomic mass is 16.5. The normalized spacial score (nSPS) is 18.1. The van der Waals surface area contributed by atoms with Gasteiger partial charge < -0.3 is 14.8 Å². The Morgan fingerprint density at radius 2 is 1.41 bits per heavy atom. The minimum absolute atomic E-state index is 0.387. The molecule has 0 fully saturated rings. The quantitative estimate of drug-likeness (QED) is 0.521. The first-order valence-electron chi connectivity index (χ1n) is 9.99. The molecule has 1 aliphatic rings. The van der Waals surface area contributed by atoms with Crippen molar-refractivity contribution in [3.8, 4) is 5.75 Å². The lowest BCUT2D eigenvalue weighted by molar-refractivity contribution is -0.185. The summed E-state index contributed by atoms with van der Waals surface area (Å²) in [7, 11) is 4.08. The lowest BCUT2D eigenvalue weighted by Crippen LogP contribution is -2.48. The molecule has 0 saturated carbocycles. The molecular formula is C25H32N2O2. The Bertz CT molecular complexity index is 891. The van der Waals surface area contributed by atoms with Crippen molar-refractivity contribution in [1.82, 2.24) is 5.06 Å². The number of hydrogen-bond donors (Lipinski definition) is 1. The highest BCUT2D eigenvalue weighted by molar-refractivity contribution is 5.70. The van der Waals surface area contributed by atoms with Crippen molar-refractivity contribution in [1.29, 1.82) is 0 Å². The van der Waals surface area contributed by atoms with Gasteiger partial charge in [0.1, 0.15) is 12.4 Å². The van der Waals surface area contributed by atoms with Crippen LogP contribution in [-0.4, -0.2) is 42.1 Å². The molecule has 154 valence electrons. The Kier molecular flexibility index (Phi) is 5.87. The minimum atomic E-state index is -0.436.